The van der Waals surface area contributed by atoms with Crippen LogP contribution in [0.1, 0.15) is 31.8 Å². The number of aryl methyl sites for hydroxylation is 1. The van der Waals surface area contributed by atoms with Gasteiger partial charge in [-0.15, -0.1) is 0 Å². The first kappa shape index (κ1) is 20.3. The largest absolute Gasteiger partial charge is 0.508 e. The minimum Gasteiger partial charge on any atom is -0.508 e. The molecule has 0 fully saturated rings. The number of halogens is 1. The van der Waals surface area contributed by atoms with Crippen LogP contribution in [0.2, 0.25) is 0 Å². The molecule has 0 aliphatic rings. The van der Waals surface area contributed by atoms with Crippen LogP contribution in [-0.2, 0) is 0 Å². The highest BCUT2D eigenvalue weighted by Gasteiger charge is 2.12. The second-order valence-electron chi connectivity index (χ2n) is 6.18. The lowest BCUT2D eigenvalue weighted by Crippen LogP contribution is -2.17. The number of hydrogen-bond acceptors (Lipinski definition) is 5. The van der Waals surface area contributed by atoms with Crippen molar-refractivity contribution in [2.24, 2.45) is 5.10 Å². The first-order valence-electron chi connectivity index (χ1n) is 8.63. The van der Waals surface area contributed by atoms with Crippen molar-refractivity contribution in [1.82, 2.24) is 5.43 Å². The van der Waals surface area contributed by atoms with Crippen LogP contribution in [0.3, 0.4) is 0 Å². The molecule has 0 unspecified atom stereocenters. The Morgan fingerprint density at radius 2 is 1.66 bits per heavy atom. The number of esters is 1. The fraction of sp³-hybridized carbons (Fsp3) is 0.0455. The number of amides is 1. The average Bonchev–Trinajstić information content (AvgIpc) is 2.70. The quantitative estimate of drug-likeness (QED) is 0.259. The Morgan fingerprint density at radius 1 is 1.00 bits per heavy atom. The molecule has 0 aliphatic heterocycles. The van der Waals surface area contributed by atoms with Gasteiger partial charge in [-0.2, -0.15) is 5.10 Å². The van der Waals surface area contributed by atoms with Crippen LogP contribution >= 0.6 is 15.9 Å². The standard InChI is InChI=1S/C22H17BrN2O4/c1-14-2-4-16(5-3-14)22(28)29-20-11-8-18(23)12-17(20)13-24-25-21(27)15-6-9-19(26)10-7-15/h2-13,26H,1H3,(H,25,27). The molecule has 0 heterocycles. The number of benzene rings is 3. The van der Waals surface area contributed by atoms with Crippen molar-refractivity contribution in [1.29, 1.82) is 0 Å². The van der Waals surface area contributed by atoms with Gasteiger partial charge in [-0.3, -0.25) is 4.79 Å². The molecule has 3 aromatic carbocycles. The van der Waals surface area contributed by atoms with Gasteiger partial charge in [0, 0.05) is 15.6 Å². The molecule has 0 aromatic heterocycles. The summed E-state index contributed by atoms with van der Waals surface area (Å²) < 4.78 is 6.25. The van der Waals surface area contributed by atoms with Crippen LogP contribution in [0.4, 0.5) is 0 Å². The number of nitrogens with zero attached hydrogens (tertiary/aromatic N) is 1. The SMILES string of the molecule is Cc1ccc(C(=O)Oc2ccc(Br)cc2C=NNC(=O)c2ccc(O)cc2)cc1. The van der Waals surface area contributed by atoms with Gasteiger partial charge >= 0.3 is 5.97 Å². The maximum atomic E-state index is 12.4. The van der Waals surface area contributed by atoms with E-state index in [0.29, 0.717) is 22.4 Å². The summed E-state index contributed by atoms with van der Waals surface area (Å²) in [5.41, 5.74) is 4.73. The molecule has 3 rings (SSSR count). The highest BCUT2D eigenvalue weighted by Crippen LogP contribution is 2.23. The summed E-state index contributed by atoms with van der Waals surface area (Å²) >= 11 is 3.37. The summed E-state index contributed by atoms with van der Waals surface area (Å²) in [6, 6.07) is 17.9. The van der Waals surface area contributed by atoms with Crippen LogP contribution < -0.4 is 10.2 Å². The third-order valence-electron chi connectivity index (χ3n) is 3.96. The Hall–Kier alpha value is -3.45. The van der Waals surface area contributed by atoms with E-state index in [1.165, 1.54) is 30.5 Å². The van der Waals surface area contributed by atoms with E-state index in [0.717, 1.165) is 10.0 Å². The zero-order valence-electron chi connectivity index (χ0n) is 15.4. The van der Waals surface area contributed by atoms with Crippen molar-refractivity contribution in [2.45, 2.75) is 6.92 Å². The van der Waals surface area contributed by atoms with E-state index in [1.54, 1.807) is 30.3 Å². The van der Waals surface area contributed by atoms with Gasteiger partial charge in [0.05, 0.1) is 11.8 Å². The van der Waals surface area contributed by atoms with Gasteiger partial charge in [-0.1, -0.05) is 33.6 Å². The zero-order chi connectivity index (χ0) is 20.8. The molecule has 2 N–H and O–H groups in total. The monoisotopic (exact) mass is 452 g/mol. The maximum Gasteiger partial charge on any atom is 0.343 e. The molecular formula is C22H17BrN2O4. The third-order valence-corrected chi connectivity index (χ3v) is 4.45. The fourth-order valence-corrected chi connectivity index (χ4v) is 2.78. The van der Waals surface area contributed by atoms with Gasteiger partial charge in [-0.25, -0.2) is 10.2 Å². The van der Waals surface area contributed by atoms with E-state index in [9.17, 15) is 14.7 Å². The number of phenolic OH excluding ortho intramolecular Hbond substituents is 1. The van der Waals surface area contributed by atoms with Crippen molar-refractivity contribution in [3.05, 3.63) is 93.5 Å². The Labute approximate surface area is 176 Å². The first-order chi connectivity index (χ1) is 13.9. The number of nitrogens with one attached hydrogen (secondary N) is 1. The van der Waals surface area contributed by atoms with Crippen LogP contribution in [0.25, 0.3) is 0 Å². The highest BCUT2D eigenvalue weighted by atomic mass is 79.9. The molecule has 0 bridgehead atoms. The number of aromatic hydroxyl groups is 1. The van der Waals surface area contributed by atoms with Gasteiger partial charge in [0.2, 0.25) is 0 Å². The molecule has 7 heteroatoms. The predicted molar refractivity (Wildman–Crippen MR) is 113 cm³/mol. The number of carbonyl (C=O) groups excluding carboxylic acids is 2. The molecule has 0 saturated heterocycles. The molecule has 146 valence electrons. The van der Waals surface area contributed by atoms with Gasteiger partial charge < -0.3 is 9.84 Å². The van der Waals surface area contributed by atoms with Crippen LogP contribution in [0.5, 0.6) is 11.5 Å². The molecule has 3 aromatic rings. The summed E-state index contributed by atoms with van der Waals surface area (Å²) in [5.74, 6) is -0.551. The summed E-state index contributed by atoms with van der Waals surface area (Å²) in [4.78, 5) is 24.5. The second-order valence-corrected chi connectivity index (χ2v) is 7.10. The molecular weight excluding hydrogens is 436 g/mol. The van der Waals surface area contributed by atoms with Crippen molar-refractivity contribution < 1.29 is 19.4 Å². The second kappa shape index (κ2) is 9.16. The van der Waals surface area contributed by atoms with Gasteiger partial charge in [0.15, 0.2) is 0 Å². The number of hydrogen-bond donors (Lipinski definition) is 2. The summed E-state index contributed by atoms with van der Waals surface area (Å²) in [7, 11) is 0. The summed E-state index contributed by atoms with van der Waals surface area (Å²) in [6.45, 7) is 1.94. The molecule has 0 spiro atoms. The Kier molecular flexibility index (Phi) is 6.41. The summed E-state index contributed by atoms with van der Waals surface area (Å²) in [5, 5.41) is 13.2. The number of phenols is 1. The van der Waals surface area contributed by atoms with Crippen LogP contribution in [0, 0.1) is 6.92 Å². The van der Waals surface area contributed by atoms with Gasteiger partial charge in [-0.05, 0) is 61.5 Å². The molecule has 0 aliphatic carbocycles. The molecule has 0 saturated carbocycles. The fourth-order valence-electron chi connectivity index (χ4n) is 2.40. The van der Waals surface area contributed by atoms with E-state index in [1.807, 2.05) is 19.1 Å². The van der Waals surface area contributed by atoms with Crippen molar-refractivity contribution in [3.8, 4) is 11.5 Å². The van der Waals surface area contributed by atoms with E-state index in [2.05, 4.69) is 26.5 Å². The van der Waals surface area contributed by atoms with E-state index < -0.39 is 11.9 Å². The van der Waals surface area contributed by atoms with E-state index >= 15 is 0 Å². The number of carbonyl (C=O) groups is 2. The lowest BCUT2D eigenvalue weighted by Gasteiger charge is -2.08. The molecule has 6 nitrogen and oxygen atoms in total. The first-order valence-corrected chi connectivity index (χ1v) is 9.42. The van der Waals surface area contributed by atoms with Crippen molar-refractivity contribution in [2.75, 3.05) is 0 Å². The Bertz CT molecular complexity index is 1060. The highest BCUT2D eigenvalue weighted by molar-refractivity contribution is 9.10. The molecule has 0 radical (unpaired) electrons. The van der Waals surface area contributed by atoms with Gasteiger partial charge in [0.1, 0.15) is 11.5 Å². The lowest BCUT2D eigenvalue weighted by atomic mass is 10.1. The number of ether oxygens (including phenoxy) is 1. The maximum absolute atomic E-state index is 12.4. The van der Waals surface area contributed by atoms with Gasteiger partial charge in [0.25, 0.3) is 5.91 Å². The zero-order valence-corrected chi connectivity index (χ0v) is 17.0. The van der Waals surface area contributed by atoms with E-state index in [4.69, 9.17) is 4.74 Å². The Morgan fingerprint density at radius 3 is 2.34 bits per heavy atom. The molecule has 1 amide bonds. The Balaban J connectivity index is 1.73. The normalized spacial score (nSPS) is 10.7. The smallest absolute Gasteiger partial charge is 0.343 e. The van der Waals surface area contributed by atoms with E-state index in [-0.39, 0.29) is 5.75 Å². The lowest BCUT2D eigenvalue weighted by molar-refractivity contribution is 0.0734. The van der Waals surface area contributed by atoms with Crippen molar-refractivity contribution in [3.63, 3.8) is 0 Å². The number of hydrazone groups is 1. The number of rotatable bonds is 5. The molecule has 0 atom stereocenters. The average molecular weight is 453 g/mol. The predicted octanol–water partition coefficient (Wildman–Crippen LogP) is 4.45. The van der Waals surface area contributed by atoms with Crippen molar-refractivity contribution >= 4 is 34.0 Å². The minimum atomic E-state index is -0.491. The molecule has 29 heavy (non-hydrogen) atoms. The van der Waals surface area contributed by atoms with Crippen LogP contribution in [-0.4, -0.2) is 23.2 Å². The third kappa shape index (κ3) is 5.52. The van der Waals surface area contributed by atoms with Crippen LogP contribution in [0.15, 0.2) is 76.3 Å². The topological polar surface area (TPSA) is 88.0 Å². The minimum absolute atomic E-state index is 0.0687. The summed E-state index contributed by atoms with van der Waals surface area (Å²) in [6.07, 6.45) is 1.39.